The number of aromatic nitrogens is 4. The Labute approximate surface area is 159 Å². The molecule has 0 saturated heterocycles. The van der Waals surface area contributed by atoms with E-state index in [0.29, 0.717) is 21.5 Å². The highest BCUT2D eigenvalue weighted by Crippen LogP contribution is 2.25. The first kappa shape index (κ1) is 18.5. The fourth-order valence-electron chi connectivity index (χ4n) is 2.20. The van der Waals surface area contributed by atoms with E-state index in [0.717, 1.165) is 35.7 Å². The number of pyridine rings is 1. The van der Waals surface area contributed by atoms with Crippen LogP contribution in [0.15, 0.2) is 33.9 Å². The van der Waals surface area contributed by atoms with Crippen molar-refractivity contribution in [3.05, 3.63) is 46.4 Å². The average molecular weight is 390 g/mol. The molecule has 1 N–H and O–H groups in total. The minimum Gasteiger partial charge on any atom is -0.361 e. The lowest BCUT2D eigenvalue weighted by molar-refractivity contribution is 0.102. The van der Waals surface area contributed by atoms with Gasteiger partial charge in [0.2, 0.25) is 5.13 Å². The van der Waals surface area contributed by atoms with Gasteiger partial charge in [-0.25, -0.2) is 4.98 Å². The van der Waals surface area contributed by atoms with Gasteiger partial charge in [0.05, 0.1) is 11.3 Å². The molecule has 7 nitrogen and oxygen atoms in total. The molecule has 3 aromatic heterocycles. The number of hydrogen-bond acceptors (Lipinski definition) is 8. The van der Waals surface area contributed by atoms with Crippen molar-refractivity contribution in [2.45, 2.75) is 43.9 Å². The molecular weight excluding hydrogens is 370 g/mol. The van der Waals surface area contributed by atoms with E-state index in [2.05, 4.69) is 32.6 Å². The van der Waals surface area contributed by atoms with Crippen LogP contribution >= 0.6 is 23.1 Å². The lowest BCUT2D eigenvalue weighted by Crippen LogP contribution is -2.13. The van der Waals surface area contributed by atoms with Crippen LogP contribution in [0.3, 0.4) is 0 Å². The first-order chi connectivity index (χ1) is 12.7. The summed E-state index contributed by atoms with van der Waals surface area (Å²) in [6.45, 7) is 3.98. The monoisotopic (exact) mass is 389 g/mol. The number of nitrogens with zero attached hydrogens (tertiary/aromatic N) is 4. The quantitative estimate of drug-likeness (QED) is 0.579. The van der Waals surface area contributed by atoms with Crippen molar-refractivity contribution in [2.75, 3.05) is 5.32 Å². The number of carbonyl (C=O) groups is 1. The molecule has 3 rings (SSSR count). The number of amides is 1. The Kier molecular flexibility index (Phi) is 6.35. The van der Waals surface area contributed by atoms with E-state index in [1.54, 1.807) is 18.3 Å². The van der Waals surface area contributed by atoms with E-state index in [1.807, 2.05) is 13.0 Å². The van der Waals surface area contributed by atoms with Crippen molar-refractivity contribution in [3.63, 3.8) is 0 Å². The predicted molar refractivity (Wildman–Crippen MR) is 102 cm³/mol. The fraction of sp³-hybridized carbons (Fsp3) is 0.353. The first-order valence-corrected chi connectivity index (χ1v) is 10.1. The summed E-state index contributed by atoms with van der Waals surface area (Å²) >= 11 is 2.85. The zero-order chi connectivity index (χ0) is 18.4. The Morgan fingerprint density at radius 1 is 1.38 bits per heavy atom. The molecule has 136 valence electrons. The number of aryl methyl sites for hydroxylation is 2. The van der Waals surface area contributed by atoms with Crippen LogP contribution in [0.5, 0.6) is 0 Å². The Morgan fingerprint density at radius 3 is 3.04 bits per heavy atom. The van der Waals surface area contributed by atoms with E-state index in [-0.39, 0.29) is 5.91 Å². The van der Waals surface area contributed by atoms with Crippen molar-refractivity contribution in [1.82, 2.24) is 20.3 Å². The molecule has 0 fully saturated rings. The summed E-state index contributed by atoms with van der Waals surface area (Å²) in [6, 6.07) is 5.36. The molecular formula is C17H19N5O2S2. The van der Waals surface area contributed by atoms with E-state index >= 15 is 0 Å². The van der Waals surface area contributed by atoms with Crippen LogP contribution in [-0.4, -0.2) is 26.2 Å². The van der Waals surface area contributed by atoms with Crippen LogP contribution in [-0.2, 0) is 12.2 Å². The summed E-state index contributed by atoms with van der Waals surface area (Å²) in [5.74, 6) is 1.10. The van der Waals surface area contributed by atoms with Gasteiger partial charge >= 0.3 is 0 Å². The number of anilines is 1. The van der Waals surface area contributed by atoms with Crippen molar-refractivity contribution in [2.24, 2.45) is 0 Å². The molecule has 3 aromatic rings. The van der Waals surface area contributed by atoms with Gasteiger partial charge in [-0.1, -0.05) is 41.6 Å². The van der Waals surface area contributed by atoms with Crippen molar-refractivity contribution < 1.29 is 9.32 Å². The molecule has 0 bridgehead atoms. The summed E-state index contributed by atoms with van der Waals surface area (Å²) in [5, 5.41) is 17.0. The Bertz CT molecular complexity index is 877. The highest BCUT2D eigenvalue weighted by molar-refractivity contribution is 7.98. The summed E-state index contributed by atoms with van der Waals surface area (Å²) in [4.78, 5) is 16.9. The lowest BCUT2D eigenvalue weighted by Gasteiger charge is -2.06. The van der Waals surface area contributed by atoms with E-state index in [9.17, 15) is 4.79 Å². The second-order valence-corrected chi connectivity index (χ2v) is 7.66. The third-order valence-corrected chi connectivity index (χ3v) is 5.42. The van der Waals surface area contributed by atoms with Gasteiger partial charge in [-0.3, -0.25) is 10.1 Å². The van der Waals surface area contributed by atoms with Crippen molar-refractivity contribution in [3.8, 4) is 0 Å². The molecule has 0 unspecified atom stereocenters. The summed E-state index contributed by atoms with van der Waals surface area (Å²) < 4.78 is 5.06. The zero-order valence-electron chi connectivity index (χ0n) is 14.6. The second-order valence-electron chi connectivity index (χ2n) is 5.63. The molecule has 3 heterocycles. The average Bonchev–Trinajstić information content (AvgIpc) is 3.27. The van der Waals surface area contributed by atoms with Gasteiger partial charge in [-0.2, -0.15) is 0 Å². The first-order valence-electron chi connectivity index (χ1n) is 8.29. The molecule has 0 spiro atoms. The van der Waals surface area contributed by atoms with Crippen LogP contribution in [0.4, 0.5) is 5.13 Å². The molecule has 0 saturated carbocycles. The topological polar surface area (TPSA) is 93.8 Å². The molecule has 0 atom stereocenters. The smallest absolute Gasteiger partial charge is 0.260 e. The minimum atomic E-state index is -0.241. The lowest BCUT2D eigenvalue weighted by atomic mass is 10.3. The van der Waals surface area contributed by atoms with Gasteiger partial charge < -0.3 is 4.52 Å². The standard InChI is InChI=1S/C17H19N5O2S2/c1-3-4-7-14-20-21-17(26-14)19-15(23)13-6-5-8-18-16(13)25-10-12-9-11(2)24-22-12/h5-6,8-9H,3-4,7,10H2,1-2H3,(H,19,21,23). The molecule has 1 amide bonds. The van der Waals surface area contributed by atoms with Crippen LogP contribution in [0.2, 0.25) is 0 Å². The Hall–Kier alpha value is -2.26. The van der Waals surface area contributed by atoms with Crippen molar-refractivity contribution >= 4 is 34.1 Å². The maximum atomic E-state index is 12.6. The SMILES string of the molecule is CCCCc1nnc(NC(=O)c2cccnc2SCc2cc(C)on2)s1. The number of thioether (sulfide) groups is 1. The van der Waals surface area contributed by atoms with Gasteiger partial charge in [0, 0.05) is 24.4 Å². The maximum absolute atomic E-state index is 12.6. The van der Waals surface area contributed by atoms with E-state index in [1.165, 1.54) is 23.1 Å². The highest BCUT2D eigenvalue weighted by Gasteiger charge is 2.16. The molecule has 0 aliphatic rings. The molecule has 0 aromatic carbocycles. The van der Waals surface area contributed by atoms with E-state index < -0.39 is 0 Å². The summed E-state index contributed by atoms with van der Waals surface area (Å²) in [6.07, 6.45) is 4.71. The van der Waals surface area contributed by atoms with Gasteiger partial charge in [0.1, 0.15) is 15.8 Å². The molecule has 0 aliphatic heterocycles. The van der Waals surface area contributed by atoms with Crippen LogP contribution < -0.4 is 5.32 Å². The van der Waals surface area contributed by atoms with Crippen LogP contribution in [0.1, 0.15) is 46.6 Å². The Morgan fingerprint density at radius 2 is 2.27 bits per heavy atom. The minimum absolute atomic E-state index is 0.241. The molecule has 0 radical (unpaired) electrons. The molecule has 9 heteroatoms. The van der Waals surface area contributed by atoms with E-state index in [4.69, 9.17) is 4.52 Å². The number of rotatable bonds is 8. The number of hydrogen-bond donors (Lipinski definition) is 1. The third-order valence-electron chi connectivity index (χ3n) is 3.48. The van der Waals surface area contributed by atoms with Crippen LogP contribution in [0, 0.1) is 6.92 Å². The molecule has 26 heavy (non-hydrogen) atoms. The third kappa shape index (κ3) is 4.89. The Balaban J connectivity index is 1.66. The molecule has 0 aliphatic carbocycles. The largest absolute Gasteiger partial charge is 0.361 e. The van der Waals surface area contributed by atoms with Gasteiger partial charge in [0.25, 0.3) is 5.91 Å². The van der Waals surface area contributed by atoms with Gasteiger partial charge in [0.15, 0.2) is 0 Å². The van der Waals surface area contributed by atoms with Gasteiger partial charge in [-0.15, -0.1) is 10.2 Å². The maximum Gasteiger partial charge on any atom is 0.260 e. The summed E-state index contributed by atoms with van der Waals surface area (Å²) in [7, 11) is 0. The number of nitrogens with one attached hydrogen (secondary N) is 1. The number of carbonyl (C=O) groups excluding carboxylic acids is 1. The van der Waals surface area contributed by atoms with Crippen LogP contribution in [0.25, 0.3) is 0 Å². The summed E-state index contributed by atoms with van der Waals surface area (Å²) in [5.41, 5.74) is 1.32. The highest BCUT2D eigenvalue weighted by atomic mass is 32.2. The zero-order valence-corrected chi connectivity index (χ0v) is 16.2. The van der Waals surface area contributed by atoms with Gasteiger partial charge in [-0.05, 0) is 25.5 Å². The number of unbranched alkanes of at least 4 members (excludes halogenated alkanes) is 1. The predicted octanol–water partition coefficient (Wildman–Crippen LogP) is 4.12. The van der Waals surface area contributed by atoms with Crippen molar-refractivity contribution in [1.29, 1.82) is 0 Å². The fourth-order valence-corrected chi connectivity index (χ4v) is 3.85. The normalized spacial score (nSPS) is 10.8. The second kappa shape index (κ2) is 8.91.